The third-order valence-electron chi connectivity index (χ3n) is 3.46. The van der Waals surface area contributed by atoms with E-state index in [1.807, 2.05) is 0 Å². The van der Waals surface area contributed by atoms with Gasteiger partial charge in [0.25, 0.3) is 0 Å². The Labute approximate surface area is 95.9 Å². The van der Waals surface area contributed by atoms with E-state index in [-0.39, 0.29) is 19.1 Å². The van der Waals surface area contributed by atoms with E-state index in [4.69, 9.17) is 0 Å². The number of imidazole rings is 1. The van der Waals surface area contributed by atoms with E-state index in [2.05, 4.69) is 16.5 Å². The van der Waals surface area contributed by atoms with Crippen LogP contribution in [0.5, 0.6) is 0 Å². The van der Waals surface area contributed by atoms with Crippen LogP contribution in [0.15, 0.2) is 0 Å². The molecule has 90 valence electrons. The molecule has 1 atom stereocenters. The molecule has 0 fully saturated rings. The number of aliphatic hydroxyl groups is 2. The summed E-state index contributed by atoms with van der Waals surface area (Å²) in [6.45, 7) is 3.19. The van der Waals surface area contributed by atoms with Gasteiger partial charge in [0, 0.05) is 18.2 Å². The molecule has 16 heavy (non-hydrogen) atoms. The Hall–Kier alpha value is -0.870. The first-order chi connectivity index (χ1) is 7.81. The lowest BCUT2D eigenvalue weighted by Crippen LogP contribution is -2.17. The van der Waals surface area contributed by atoms with Gasteiger partial charge in [0.2, 0.25) is 0 Å². The van der Waals surface area contributed by atoms with Crippen LogP contribution >= 0.6 is 0 Å². The lowest BCUT2D eigenvalue weighted by molar-refractivity contribution is 0.253. The Bertz CT molecular complexity index is 356. The summed E-state index contributed by atoms with van der Waals surface area (Å²) in [5, 5.41) is 18.6. The third kappa shape index (κ3) is 1.87. The van der Waals surface area contributed by atoms with Crippen molar-refractivity contribution in [3.8, 4) is 0 Å². The number of hydrogen-bond donors (Lipinski definition) is 2. The molecule has 0 aliphatic carbocycles. The normalized spacial score (nSPS) is 17.2. The van der Waals surface area contributed by atoms with Crippen LogP contribution in [0.25, 0.3) is 0 Å². The summed E-state index contributed by atoms with van der Waals surface area (Å²) in [6.07, 6.45) is 4.24. The van der Waals surface area contributed by atoms with Gasteiger partial charge in [0.15, 0.2) is 0 Å². The average Bonchev–Trinajstić information content (AvgIpc) is 2.70. The minimum atomic E-state index is 0.0111. The second-order valence-corrected chi connectivity index (χ2v) is 4.42. The molecule has 1 unspecified atom stereocenters. The first-order valence-electron chi connectivity index (χ1n) is 6.11. The van der Waals surface area contributed by atoms with E-state index < -0.39 is 0 Å². The van der Waals surface area contributed by atoms with Gasteiger partial charge in [-0.1, -0.05) is 6.92 Å². The summed E-state index contributed by atoms with van der Waals surface area (Å²) >= 11 is 0. The zero-order valence-electron chi connectivity index (χ0n) is 9.82. The summed E-state index contributed by atoms with van der Waals surface area (Å²) in [7, 11) is 0. The first kappa shape index (κ1) is 11.6. The topological polar surface area (TPSA) is 58.3 Å². The first-order valence-corrected chi connectivity index (χ1v) is 6.11. The summed E-state index contributed by atoms with van der Waals surface area (Å²) in [5.41, 5.74) is 1.98. The summed E-state index contributed by atoms with van der Waals surface area (Å²) < 4.78 is 2.21. The van der Waals surface area contributed by atoms with Crippen LogP contribution in [0.1, 0.15) is 49.3 Å². The molecular formula is C12H20N2O2. The van der Waals surface area contributed by atoms with Crippen molar-refractivity contribution < 1.29 is 10.2 Å². The summed E-state index contributed by atoms with van der Waals surface area (Å²) in [5.74, 6) is 1.07. The fraction of sp³-hybridized carbons (Fsp3) is 0.750. The van der Waals surface area contributed by atoms with Gasteiger partial charge in [-0.25, -0.2) is 4.98 Å². The van der Waals surface area contributed by atoms with Gasteiger partial charge in [-0.2, -0.15) is 0 Å². The Kier molecular flexibility index (Phi) is 3.61. The van der Waals surface area contributed by atoms with E-state index >= 15 is 0 Å². The van der Waals surface area contributed by atoms with Crippen molar-refractivity contribution in [2.24, 2.45) is 0 Å². The van der Waals surface area contributed by atoms with Gasteiger partial charge >= 0.3 is 0 Å². The van der Waals surface area contributed by atoms with Crippen LogP contribution in [0.4, 0.5) is 0 Å². The minimum absolute atomic E-state index is 0.0111. The van der Waals surface area contributed by atoms with Crippen LogP contribution in [-0.4, -0.2) is 26.4 Å². The van der Waals surface area contributed by atoms with Gasteiger partial charge in [0.1, 0.15) is 5.82 Å². The van der Waals surface area contributed by atoms with E-state index in [0.29, 0.717) is 0 Å². The molecule has 0 saturated heterocycles. The molecule has 1 aliphatic heterocycles. The van der Waals surface area contributed by atoms with Gasteiger partial charge in [0.05, 0.1) is 18.9 Å². The molecule has 4 nitrogen and oxygen atoms in total. The van der Waals surface area contributed by atoms with Gasteiger partial charge in [-0.15, -0.1) is 0 Å². The molecule has 0 saturated carbocycles. The van der Waals surface area contributed by atoms with Crippen molar-refractivity contribution in [1.82, 2.24) is 9.55 Å². The zero-order valence-corrected chi connectivity index (χ0v) is 9.82. The van der Waals surface area contributed by atoms with Crippen molar-refractivity contribution in [3.63, 3.8) is 0 Å². The Morgan fingerprint density at radius 1 is 1.38 bits per heavy atom. The smallest absolute Gasteiger partial charge is 0.114 e. The predicted molar refractivity (Wildman–Crippen MR) is 61.2 cm³/mol. The highest BCUT2D eigenvalue weighted by atomic mass is 16.3. The van der Waals surface area contributed by atoms with E-state index in [1.54, 1.807) is 0 Å². The second-order valence-electron chi connectivity index (χ2n) is 4.42. The molecule has 1 aliphatic rings. The standard InChI is InChI=1S/C12H20N2O2/c1-2-9(7-15)12-13-10(8-16)11-5-3-4-6-14(11)12/h9,15-16H,2-8H2,1H3. The van der Waals surface area contributed by atoms with E-state index in [1.165, 1.54) is 18.5 Å². The highest BCUT2D eigenvalue weighted by Crippen LogP contribution is 2.26. The van der Waals surface area contributed by atoms with Gasteiger partial charge in [-0.05, 0) is 25.7 Å². The maximum absolute atomic E-state index is 9.35. The van der Waals surface area contributed by atoms with Crippen LogP contribution < -0.4 is 0 Å². The molecule has 1 aromatic rings. The quantitative estimate of drug-likeness (QED) is 0.808. The highest BCUT2D eigenvalue weighted by molar-refractivity contribution is 5.20. The number of aliphatic hydroxyl groups excluding tert-OH is 2. The zero-order chi connectivity index (χ0) is 11.5. The summed E-state index contributed by atoms with van der Waals surface area (Å²) in [6, 6.07) is 0. The van der Waals surface area contributed by atoms with Crippen LogP contribution in [-0.2, 0) is 19.6 Å². The van der Waals surface area contributed by atoms with Crippen molar-refractivity contribution in [1.29, 1.82) is 0 Å². The summed E-state index contributed by atoms with van der Waals surface area (Å²) in [4.78, 5) is 4.51. The Morgan fingerprint density at radius 2 is 2.19 bits per heavy atom. The molecule has 2 rings (SSSR count). The Morgan fingerprint density at radius 3 is 2.81 bits per heavy atom. The molecule has 0 aromatic carbocycles. The molecule has 2 N–H and O–H groups in total. The fourth-order valence-electron chi connectivity index (χ4n) is 2.48. The number of hydrogen-bond acceptors (Lipinski definition) is 3. The second kappa shape index (κ2) is 4.97. The molecule has 0 amide bonds. The maximum atomic E-state index is 9.35. The molecule has 0 spiro atoms. The lowest BCUT2D eigenvalue weighted by Gasteiger charge is -2.20. The van der Waals surface area contributed by atoms with Crippen molar-refractivity contribution >= 4 is 0 Å². The SMILES string of the molecule is CCC(CO)c1nc(CO)c2n1CCCC2. The predicted octanol–water partition coefficient (Wildman–Crippen LogP) is 1.20. The number of rotatable bonds is 4. The highest BCUT2D eigenvalue weighted by Gasteiger charge is 2.23. The number of nitrogens with zero attached hydrogens (tertiary/aromatic N) is 2. The largest absolute Gasteiger partial charge is 0.396 e. The monoisotopic (exact) mass is 224 g/mol. The molecule has 2 heterocycles. The Balaban J connectivity index is 2.41. The minimum Gasteiger partial charge on any atom is -0.396 e. The average molecular weight is 224 g/mol. The molecule has 1 aromatic heterocycles. The van der Waals surface area contributed by atoms with E-state index in [0.717, 1.165) is 30.9 Å². The lowest BCUT2D eigenvalue weighted by atomic mass is 10.1. The van der Waals surface area contributed by atoms with Crippen LogP contribution in [0.2, 0.25) is 0 Å². The molecule has 4 heteroatoms. The van der Waals surface area contributed by atoms with Gasteiger partial charge < -0.3 is 14.8 Å². The van der Waals surface area contributed by atoms with Crippen LogP contribution in [0.3, 0.4) is 0 Å². The third-order valence-corrected chi connectivity index (χ3v) is 3.46. The van der Waals surface area contributed by atoms with E-state index in [9.17, 15) is 10.2 Å². The maximum Gasteiger partial charge on any atom is 0.114 e. The molecular weight excluding hydrogens is 204 g/mol. The van der Waals surface area contributed by atoms with Crippen molar-refractivity contribution in [2.45, 2.75) is 51.7 Å². The number of aromatic nitrogens is 2. The fourth-order valence-corrected chi connectivity index (χ4v) is 2.48. The molecule has 0 bridgehead atoms. The molecule has 0 radical (unpaired) electrons. The van der Waals surface area contributed by atoms with Crippen LogP contribution in [0, 0.1) is 0 Å². The van der Waals surface area contributed by atoms with Crippen molar-refractivity contribution in [3.05, 3.63) is 17.2 Å². The van der Waals surface area contributed by atoms with Gasteiger partial charge in [-0.3, -0.25) is 0 Å². The number of fused-ring (bicyclic) bond motifs is 1. The van der Waals surface area contributed by atoms with Crippen molar-refractivity contribution in [2.75, 3.05) is 6.61 Å².